The van der Waals surface area contributed by atoms with Crippen molar-refractivity contribution in [2.75, 3.05) is 54.4 Å². The lowest BCUT2D eigenvalue weighted by Crippen LogP contribution is -2.31. The molecular formula is C49H78N8O8. The van der Waals surface area contributed by atoms with Crippen molar-refractivity contribution in [3.05, 3.63) is 70.6 Å². The van der Waals surface area contributed by atoms with E-state index in [1.54, 1.807) is 19.3 Å². The Labute approximate surface area is 386 Å². The highest BCUT2D eigenvalue weighted by Crippen LogP contribution is 2.33. The van der Waals surface area contributed by atoms with E-state index in [4.69, 9.17) is 18.9 Å². The third-order valence-electron chi connectivity index (χ3n) is 12.5. The topological polar surface area (TPSA) is 204 Å². The zero-order valence-electron chi connectivity index (χ0n) is 40.1. The second kappa shape index (κ2) is 29.1. The molecule has 5 N–H and O–H groups in total. The van der Waals surface area contributed by atoms with Gasteiger partial charge in [-0.15, -0.1) is 0 Å². The van der Waals surface area contributed by atoms with E-state index in [0.29, 0.717) is 48.7 Å². The molecule has 65 heavy (non-hydrogen) atoms. The normalized spacial score (nSPS) is 15.5. The quantitative estimate of drug-likeness (QED) is 0.0409. The third-order valence-corrected chi connectivity index (χ3v) is 12.5. The molecule has 0 spiro atoms. The highest BCUT2D eigenvalue weighted by atomic mass is 16.6. The molecule has 2 saturated carbocycles. The van der Waals surface area contributed by atoms with Gasteiger partial charge < -0.3 is 29.3 Å². The lowest BCUT2D eigenvalue weighted by Gasteiger charge is -2.22. The fraction of sp³-hybridized carbons (Fsp3) is 0.673. The SMILES string of the molecule is Cc1oc([C@H](CCCC2CCCCC2)CC(=O)NO)nc1C(=O)NCCN(C)C.Cc1oc([C@H](CCCC2CCCCC2)CC(=O)NOCc2ccccc2)nc1C(=O)NCCN(C)C. The molecule has 0 unspecified atom stereocenters. The van der Waals surface area contributed by atoms with Gasteiger partial charge in [0.25, 0.3) is 11.8 Å². The maximum atomic E-state index is 12.7. The third kappa shape index (κ3) is 19.8. The van der Waals surface area contributed by atoms with Gasteiger partial charge in [0, 0.05) is 50.9 Å². The Balaban J connectivity index is 0.000000292. The van der Waals surface area contributed by atoms with Crippen LogP contribution in [-0.4, -0.2) is 103 Å². The van der Waals surface area contributed by atoms with E-state index >= 15 is 0 Å². The van der Waals surface area contributed by atoms with Crippen LogP contribution in [0.5, 0.6) is 0 Å². The van der Waals surface area contributed by atoms with E-state index in [-0.39, 0.29) is 48.1 Å². The molecular weight excluding hydrogens is 829 g/mol. The van der Waals surface area contributed by atoms with Crippen molar-refractivity contribution < 1.29 is 38.1 Å². The van der Waals surface area contributed by atoms with Crippen molar-refractivity contribution in [2.24, 2.45) is 11.8 Å². The molecule has 2 heterocycles. The summed E-state index contributed by atoms with van der Waals surface area (Å²) in [5, 5.41) is 14.7. The Morgan fingerprint density at radius 3 is 1.57 bits per heavy atom. The van der Waals surface area contributed by atoms with Crippen LogP contribution in [0.3, 0.4) is 0 Å². The number of hydrogen-bond donors (Lipinski definition) is 5. The fourth-order valence-corrected chi connectivity index (χ4v) is 8.75. The van der Waals surface area contributed by atoms with Crippen LogP contribution in [-0.2, 0) is 21.0 Å². The summed E-state index contributed by atoms with van der Waals surface area (Å²) in [6, 6.07) is 9.70. The van der Waals surface area contributed by atoms with Crippen LogP contribution in [0.2, 0.25) is 0 Å². The van der Waals surface area contributed by atoms with Crippen LogP contribution in [0.15, 0.2) is 39.2 Å². The van der Waals surface area contributed by atoms with Gasteiger partial charge in [0.15, 0.2) is 23.2 Å². The molecule has 2 atom stereocenters. The molecule has 3 aromatic rings. The number of carbonyl (C=O) groups is 4. The zero-order valence-corrected chi connectivity index (χ0v) is 40.1. The van der Waals surface area contributed by atoms with Gasteiger partial charge >= 0.3 is 0 Å². The predicted molar refractivity (Wildman–Crippen MR) is 249 cm³/mol. The molecule has 2 aliphatic carbocycles. The number of rotatable bonds is 25. The molecule has 0 aliphatic heterocycles. The minimum atomic E-state index is -0.472. The molecule has 16 nitrogen and oxygen atoms in total. The molecule has 0 bridgehead atoms. The van der Waals surface area contributed by atoms with Gasteiger partial charge in [-0.3, -0.25) is 29.2 Å². The average Bonchev–Trinajstić information content (AvgIpc) is 3.89. The molecule has 4 amide bonds. The second-order valence-electron chi connectivity index (χ2n) is 18.5. The van der Waals surface area contributed by atoms with Crippen LogP contribution >= 0.6 is 0 Å². The summed E-state index contributed by atoms with van der Waals surface area (Å²) < 4.78 is 11.7. The first-order valence-corrected chi connectivity index (χ1v) is 24.0. The summed E-state index contributed by atoms with van der Waals surface area (Å²) in [6.07, 6.45) is 19.2. The predicted octanol–water partition coefficient (Wildman–Crippen LogP) is 7.75. The zero-order chi connectivity index (χ0) is 47.0. The summed E-state index contributed by atoms with van der Waals surface area (Å²) in [6.45, 7) is 6.28. The van der Waals surface area contributed by atoms with E-state index in [2.05, 4.69) is 26.1 Å². The first kappa shape index (κ1) is 53.0. The van der Waals surface area contributed by atoms with E-state index in [1.165, 1.54) is 64.2 Å². The Morgan fingerprint density at radius 2 is 1.14 bits per heavy atom. The van der Waals surface area contributed by atoms with Crippen LogP contribution in [0, 0.1) is 25.7 Å². The molecule has 2 aromatic heterocycles. The number of oxazole rings is 2. The van der Waals surface area contributed by atoms with Gasteiger partial charge in [-0.25, -0.2) is 20.9 Å². The molecule has 2 fully saturated rings. The summed E-state index contributed by atoms with van der Waals surface area (Å²) in [4.78, 5) is 67.9. The van der Waals surface area contributed by atoms with Crippen molar-refractivity contribution in [3.8, 4) is 0 Å². The highest BCUT2D eigenvalue weighted by molar-refractivity contribution is 5.93. The first-order valence-electron chi connectivity index (χ1n) is 24.0. The summed E-state index contributed by atoms with van der Waals surface area (Å²) in [7, 11) is 7.79. The van der Waals surface area contributed by atoms with Crippen LogP contribution < -0.4 is 21.6 Å². The van der Waals surface area contributed by atoms with E-state index in [9.17, 15) is 19.2 Å². The van der Waals surface area contributed by atoms with E-state index in [1.807, 2.05) is 68.3 Å². The van der Waals surface area contributed by atoms with E-state index in [0.717, 1.165) is 69.0 Å². The van der Waals surface area contributed by atoms with Crippen molar-refractivity contribution in [1.82, 2.24) is 41.4 Å². The van der Waals surface area contributed by atoms with Crippen molar-refractivity contribution in [3.63, 3.8) is 0 Å². The number of amides is 4. The van der Waals surface area contributed by atoms with Crippen molar-refractivity contribution >= 4 is 23.6 Å². The van der Waals surface area contributed by atoms with Crippen LogP contribution in [0.4, 0.5) is 0 Å². The summed E-state index contributed by atoms with van der Waals surface area (Å²) in [5.41, 5.74) is 5.80. The average molecular weight is 907 g/mol. The highest BCUT2D eigenvalue weighted by Gasteiger charge is 2.28. The molecule has 2 aliphatic rings. The maximum Gasteiger partial charge on any atom is 0.273 e. The van der Waals surface area contributed by atoms with Crippen molar-refractivity contribution in [1.29, 1.82) is 0 Å². The minimum absolute atomic E-state index is 0.0861. The lowest BCUT2D eigenvalue weighted by molar-refractivity contribution is -0.135. The Kier molecular flexibility index (Phi) is 23.7. The number of nitrogens with zero attached hydrogens (tertiary/aromatic N) is 4. The smallest absolute Gasteiger partial charge is 0.273 e. The largest absolute Gasteiger partial charge is 0.445 e. The first-order chi connectivity index (χ1) is 31.3. The minimum Gasteiger partial charge on any atom is -0.445 e. The molecule has 362 valence electrons. The summed E-state index contributed by atoms with van der Waals surface area (Å²) >= 11 is 0. The number of hydrogen-bond acceptors (Lipinski definition) is 12. The molecule has 0 saturated heterocycles. The van der Waals surface area contributed by atoms with Crippen LogP contribution in [0.1, 0.15) is 177 Å². The molecule has 0 radical (unpaired) electrons. The maximum absolute atomic E-state index is 12.7. The van der Waals surface area contributed by atoms with Gasteiger partial charge in [0.05, 0.1) is 6.61 Å². The van der Waals surface area contributed by atoms with Crippen molar-refractivity contribution in [2.45, 2.75) is 148 Å². The number of aryl methyl sites for hydroxylation is 2. The number of benzene rings is 1. The Morgan fingerprint density at radius 1 is 0.692 bits per heavy atom. The van der Waals surface area contributed by atoms with E-state index < -0.39 is 5.91 Å². The monoisotopic (exact) mass is 907 g/mol. The fourth-order valence-electron chi connectivity index (χ4n) is 8.75. The second-order valence-corrected chi connectivity index (χ2v) is 18.5. The summed E-state index contributed by atoms with van der Waals surface area (Å²) in [5.74, 6) is 1.62. The molecule has 16 heteroatoms. The van der Waals surface area contributed by atoms with Gasteiger partial charge in [0.2, 0.25) is 11.8 Å². The number of carbonyl (C=O) groups excluding carboxylic acids is 4. The van der Waals surface area contributed by atoms with Gasteiger partial charge in [0.1, 0.15) is 11.5 Å². The lowest BCUT2D eigenvalue weighted by atomic mass is 9.84. The standard InChI is InChI=1S/C28H42N4O4.C21H36N4O4/c1-21-26(27(34)29-17-18-32(2)3)30-28(36-21)24(16-10-15-22-11-6-4-7-12-22)19-25(33)31-35-20-23-13-8-5-9-14-23;1-15-19(20(27)22-12-13-25(2)3)23-21(29-15)17(14-18(26)24-28)11-7-10-16-8-5-4-6-9-16/h5,8-9,13-14,22,24H,4,6-7,10-12,15-20H2,1-3H3,(H,29,34)(H,31,33);16-17,28H,4-14H2,1-3H3,(H,22,27)(H,24,26)/t24-;17-/m11/s1. The van der Waals surface area contributed by atoms with Crippen LogP contribution in [0.25, 0.3) is 0 Å². The number of aromatic nitrogens is 2. The Hall–Kier alpha value is -4.64. The molecule has 1 aromatic carbocycles. The number of nitrogens with one attached hydrogen (secondary N) is 4. The van der Waals surface area contributed by atoms with Gasteiger partial charge in [-0.1, -0.05) is 120 Å². The number of hydroxylamine groups is 2. The molecule has 5 rings (SSSR count). The van der Waals surface area contributed by atoms with Gasteiger partial charge in [-0.2, -0.15) is 0 Å². The Bertz CT molecular complexity index is 1850. The number of likely N-dealkylation sites (N-methyl/N-ethyl adjacent to an activating group) is 2. The van der Waals surface area contributed by atoms with Gasteiger partial charge in [-0.05, 0) is 72.3 Å².